The fraction of sp³-hybridized carbons (Fsp3) is 0.381. The van der Waals surface area contributed by atoms with Crippen molar-refractivity contribution in [2.24, 2.45) is 5.41 Å². The molecule has 0 spiro atoms. The molecule has 0 bridgehead atoms. The van der Waals surface area contributed by atoms with Crippen molar-refractivity contribution in [3.8, 4) is 0 Å². The first kappa shape index (κ1) is 36.9. The normalized spacial score (nSPS) is 14.7. The number of benzene rings is 4. The van der Waals surface area contributed by atoms with E-state index in [2.05, 4.69) is 154 Å². The maximum absolute atomic E-state index is 13.9. The summed E-state index contributed by atoms with van der Waals surface area (Å²) in [4.78, 5) is 18.2. The summed E-state index contributed by atoms with van der Waals surface area (Å²) in [5.74, 6) is 1.62. The van der Waals surface area contributed by atoms with E-state index in [1.54, 1.807) is 11.3 Å². The van der Waals surface area contributed by atoms with Crippen LogP contribution in [0.15, 0.2) is 78.9 Å². The Morgan fingerprint density at radius 2 is 1.17 bits per heavy atom. The second-order valence-corrected chi connectivity index (χ2v) is 15.6. The first-order valence-corrected chi connectivity index (χ1v) is 17.6. The van der Waals surface area contributed by atoms with Crippen LogP contribution in [0.1, 0.15) is 115 Å². The second-order valence-electron chi connectivity index (χ2n) is 14.5. The Balaban J connectivity index is 0.000000294. The molecule has 1 saturated heterocycles. The van der Waals surface area contributed by atoms with Crippen LogP contribution in [-0.4, -0.2) is 12.5 Å². The third kappa shape index (κ3) is 7.57. The van der Waals surface area contributed by atoms with Gasteiger partial charge in [0.15, 0.2) is 0 Å². The predicted octanol–water partition coefficient (Wildman–Crippen LogP) is 12.0. The van der Waals surface area contributed by atoms with E-state index in [4.69, 9.17) is 0 Å². The van der Waals surface area contributed by atoms with Crippen LogP contribution in [0.4, 0.5) is 11.4 Å². The monoisotopic (exact) mass is 827 g/mol. The summed E-state index contributed by atoms with van der Waals surface area (Å²) in [5.41, 5.74) is 6.95. The summed E-state index contributed by atoms with van der Waals surface area (Å²) in [6.07, 6.45) is 0. The summed E-state index contributed by atoms with van der Waals surface area (Å²) in [6, 6.07) is 31.1. The molecule has 1 fully saturated rings. The number of thiophene rings is 1. The first-order chi connectivity index (χ1) is 21.8. The quantitative estimate of drug-likeness (QED) is 0.126. The number of anilines is 2. The van der Waals surface area contributed by atoms with E-state index in [1.165, 1.54) is 48.1 Å². The van der Waals surface area contributed by atoms with Crippen LogP contribution in [0.2, 0.25) is 0 Å². The van der Waals surface area contributed by atoms with Gasteiger partial charge >= 0.3 is 0 Å². The van der Waals surface area contributed by atoms with Gasteiger partial charge in [-0.1, -0.05) is 120 Å². The molecular weight excluding hydrogens is 778 g/mol. The fourth-order valence-corrected chi connectivity index (χ4v) is 7.66. The number of fused-ring (bicyclic) bond motifs is 3. The Morgan fingerprint density at radius 3 is 1.70 bits per heavy atom. The average Bonchev–Trinajstić information content (AvgIpc) is 3.40. The van der Waals surface area contributed by atoms with Gasteiger partial charge in [-0.25, -0.2) is 0 Å². The molecule has 5 heteroatoms. The standard InChI is InChI=1S/C30H43N2O.C12H7S.Au/c1-19(2)23-13-11-14-24(20(3)4)27(23)31-17-30(9,10)29(33)32(18-31)28-25(21(5)6)15-12-16-26(28)22(7)8;1-3-7-11-9(5-1)10-6-2-4-8-12(10)13-11;/h11-16,18-22H,17H2,1-10H3;1-7H;/q2*-1;. The SMILES string of the molecule is CC(C)c1cccc(C(C)C)c1N1[CH-]N(c2c(C(C)C)cccc2C(C)C)C(=O)C(C)(C)C1.[Au].[c-]1cccc2c1sc1ccccc12. The molecule has 2 heterocycles. The zero-order chi connectivity index (χ0) is 33.3. The van der Waals surface area contributed by atoms with Gasteiger partial charge in [0.2, 0.25) is 5.91 Å². The van der Waals surface area contributed by atoms with E-state index in [1.807, 2.05) is 17.0 Å². The van der Waals surface area contributed by atoms with Gasteiger partial charge in [-0.2, -0.15) is 35.6 Å². The number of rotatable bonds is 6. The zero-order valence-electron chi connectivity index (χ0n) is 29.6. The van der Waals surface area contributed by atoms with Gasteiger partial charge in [0, 0.05) is 45.0 Å². The zero-order valence-corrected chi connectivity index (χ0v) is 32.6. The topological polar surface area (TPSA) is 23.6 Å². The predicted molar refractivity (Wildman–Crippen MR) is 200 cm³/mol. The molecule has 1 aromatic heterocycles. The van der Waals surface area contributed by atoms with Gasteiger partial charge in [0.05, 0.1) is 5.41 Å². The second kappa shape index (κ2) is 15.1. The van der Waals surface area contributed by atoms with Crippen molar-refractivity contribution in [3.63, 3.8) is 0 Å². The number of carbonyl (C=O) groups is 1. The molecular formula is C42H50AuN2OS-2. The minimum absolute atomic E-state index is 0. The van der Waals surface area contributed by atoms with Crippen molar-refractivity contribution in [1.29, 1.82) is 0 Å². The van der Waals surface area contributed by atoms with E-state index in [9.17, 15) is 4.79 Å². The first-order valence-electron chi connectivity index (χ1n) is 16.8. The fourth-order valence-electron chi connectivity index (χ4n) is 6.59. The summed E-state index contributed by atoms with van der Waals surface area (Å²) in [7, 11) is 0. The van der Waals surface area contributed by atoms with Crippen molar-refractivity contribution in [2.45, 2.75) is 92.9 Å². The van der Waals surface area contributed by atoms with Crippen LogP contribution < -0.4 is 9.80 Å². The number of carbonyl (C=O) groups excluding carboxylic acids is 1. The Hall–Kier alpha value is -2.89. The minimum atomic E-state index is -0.509. The Bertz CT molecular complexity index is 1730. The van der Waals surface area contributed by atoms with Crippen molar-refractivity contribution >= 4 is 48.8 Å². The molecule has 0 saturated carbocycles. The molecule has 0 N–H and O–H groups in total. The average molecular weight is 828 g/mol. The van der Waals surface area contributed by atoms with Gasteiger partial charge in [-0.15, -0.1) is 12.1 Å². The Labute approximate surface area is 302 Å². The summed E-state index contributed by atoms with van der Waals surface area (Å²) >= 11 is 1.81. The number of nitrogens with zero attached hydrogens (tertiary/aromatic N) is 2. The van der Waals surface area contributed by atoms with Gasteiger partial charge in [-0.05, 0) is 65.8 Å². The van der Waals surface area contributed by atoms with E-state index in [0.717, 1.165) is 5.69 Å². The minimum Gasteiger partial charge on any atom is -0.502 e. The molecule has 47 heavy (non-hydrogen) atoms. The summed E-state index contributed by atoms with van der Waals surface area (Å²) in [6.45, 7) is 24.8. The molecule has 6 rings (SSSR count). The third-order valence-electron chi connectivity index (χ3n) is 9.04. The summed E-state index contributed by atoms with van der Waals surface area (Å²) in [5, 5.41) is 2.67. The molecule has 5 aromatic rings. The number of hydrogen-bond acceptors (Lipinski definition) is 3. The van der Waals surface area contributed by atoms with Gasteiger partial charge < -0.3 is 9.80 Å². The molecule has 253 valence electrons. The van der Waals surface area contributed by atoms with Crippen LogP contribution in [0, 0.1) is 18.2 Å². The molecule has 4 aromatic carbocycles. The number of amides is 1. The molecule has 1 aliphatic rings. The smallest absolute Gasteiger partial charge is 0.206 e. The molecule has 3 nitrogen and oxygen atoms in total. The van der Waals surface area contributed by atoms with Crippen molar-refractivity contribution < 1.29 is 27.2 Å². The van der Waals surface area contributed by atoms with Gasteiger partial charge in [0.25, 0.3) is 0 Å². The largest absolute Gasteiger partial charge is 0.502 e. The van der Waals surface area contributed by atoms with Crippen LogP contribution in [0.25, 0.3) is 20.2 Å². The van der Waals surface area contributed by atoms with Gasteiger partial charge in [-0.3, -0.25) is 4.79 Å². The van der Waals surface area contributed by atoms with Crippen molar-refractivity contribution in [1.82, 2.24) is 0 Å². The molecule has 0 unspecified atom stereocenters. The van der Waals surface area contributed by atoms with Crippen LogP contribution in [0.5, 0.6) is 0 Å². The van der Waals surface area contributed by atoms with Crippen LogP contribution >= 0.6 is 11.3 Å². The Morgan fingerprint density at radius 1 is 0.681 bits per heavy atom. The van der Waals surface area contributed by atoms with Crippen LogP contribution in [-0.2, 0) is 27.2 Å². The maximum atomic E-state index is 13.9. The molecule has 1 amide bonds. The summed E-state index contributed by atoms with van der Waals surface area (Å²) < 4.78 is 2.60. The Kier molecular flexibility index (Phi) is 11.9. The van der Waals surface area contributed by atoms with E-state index in [-0.39, 0.29) is 28.3 Å². The molecule has 0 aliphatic carbocycles. The number of hydrogen-bond donors (Lipinski definition) is 0. The molecule has 0 atom stereocenters. The van der Waals surface area contributed by atoms with E-state index >= 15 is 0 Å². The van der Waals surface area contributed by atoms with E-state index in [0.29, 0.717) is 30.2 Å². The molecule has 1 aliphatic heterocycles. The van der Waals surface area contributed by atoms with Crippen molar-refractivity contribution in [3.05, 3.63) is 114 Å². The molecule has 1 radical (unpaired) electrons. The maximum Gasteiger partial charge on any atom is 0.206 e. The third-order valence-corrected chi connectivity index (χ3v) is 10.2. The van der Waals surface area contributed by atoms with Gasteiger partial charge in [0.1, 0.15) is 0 Å². The van der Waals surface area contributed by atoms with E-state index < -0.39 is 5.41 Å². The van der Waals surface area contributed by atoms with Crippen LogP contribution in [0.3, 0.4) is 0 Å². The van der Waals surface area contributed by atoms with Crippen molar-refractivity contribution in [2.75, 3.05) is 16.3 Å². The number of para-hydroxylation sites is 2.